The fourth-order valence-corrected chi connectivity index (χ4v) is 0. The van der Waals surface area contributed by atoms with Gasteiger partial charge in [0.25, 0.3) is 0 Å². The van der Waals surface area contributed by atoms with Crippen molar-refractivity contribution in [1.82, 2.24) is 0 Å². The Morgan fingerprint density at radius 3 is 0.250 bits per heavy atom. The van der Waals surface area contributed by atoms with Crippen LogP contribution < -0.4 is 0 Å². The van der Waals surface area contributed by atoms with Crippen LogP contribution in [0.1, 0.15) is 0 Å². The van der Waals surface area contributed by atoms with Gasteiger partial charge >= 0.3 is 0 Å². The molecule has 0 spiro atoms. The third kappa shape index (κ3) is 36.8. The van der Waals surface area contributed by atoms with Crippen molar-refractivity contribution in [3.63, 3.8) is 0 Å². The first-order chi connectivity index (χ1) is 0. The molecule has 8 heavy (non-hydrogen) atoms. The first-order valence-corrected chi connectivity index (χ1v) is 0. The zero-order valence-electron chi connectivity index (χ0n) is 3.27. The third-order valence-electron chi connectivity index (χ3n) is 0. The van der Waals surface area contributed by atoms with Crippen LogP contribution in [-0.2, 0) is 0 Å². The van der Waals surface area contributed by atoms with Gasteiger partial charge < -0.3 is 0 Å². The fourth-order valence-electron chi connectivity index (χ4n) is 0. The predicted molar refractivity (Wildman–Crippen MR) is 17.3 cm³/mol. The molecule has 0 fully saturated rings. The topological polar surface area (TPSA) is 0 Å². The van der Waals surface area contributed by atoms with Crippen LogP contribution in [-0.4, -0.2) is 52.8 Å². The molecule has 0 amide bonds. The van der Waals surface area contributed by atoms with Crippen LogP contribution in [0.25, 0.3) is 0 Å². The van der Waals surface area contributed by atoms with E-state index in [0.717, 1.165) is 0 Å². The monoisotopic (exact) mass is 1010 g/mol. The minimum Gasteiger partial charge on any atom is 0 e. The van der Waals surface area contributed by atoms with Crippen molar-refractivity contribution in [2.45, 2.75) is 0 Å². The second-order valence-electron chi connectivity index (χ2n) is 0. The van der Waals surface area contributed by atoms with Crippen molar-refractivity contribution >= 4 is 52.8 Å². The van der Waals surface area contributed by atoms with Crippen LogP contribution in [0.4, 0.5) is 0 Å². The molecule has 0 aliphatic carbocycles. The maximum absolute atomic E-state index is 0. The largest absolute Gasteiger partial charge is 0 e. The molecular formula is Gd5Ge3. The van der Waals surface area contributed by atoms with Crippen LogP contribution in [0.3, 0.4) is 0 Å². The van der Waals surface area contributed by atoms with E-state index in [4.69, 9.17) is 0 Å². The quantitative estimate of drug-likeness (QED) is 0.270. The molecule has 12 radical (unpaired) electrons. The molecule has 0 aromatic rings. The second kappa shape index (κ2) is 45.5. The molecule has 52 valence electrons. The van der Waals surface area contributed by atoms with Gasteiger partial charge in [0.15, 0.2) is 0 Å². The first-order valence-electron chi connectivity index (χ1n) is 0. The minimum absolute atomic E-state index is 0. The Kier molecular flexibility index (Phi) is 316. The summed E-state index contributed by atoms with van der Waals surface area (Å²) in [5, 5.41) is 0. The van der Waals surface area contributed by atoms with Crippen LogP contribution in [0.5, 0.6) is 0 Å². The molecule has 0 rings (SSSR count). The summed E-state index contributed by atoms with van der Waals surface area (Å²) >= 11 is 0. The van der Waals surface area contributed by atoms with Gasteiger partial charge in [0.05, 0.1) is 0 Å². The number of hydrogen-bond donors (Lipinski definition) is 0. The van der Waals surface area contributed by atoms with Gasteiger partial charge in [-0.3, -0.25) is 0 Å². The van der Waals surface area contributed by atoms with Crippen molar-refractivity contribution in [1.29, 1.82) is 0 Å². The van der Waals surface area contributed by atoms with Crippen molar-refractivity contribution in [3.8, 4) is 0 Å². The van der Waals surface area contributed by atoms with Crippen molar-refractivity contribution in [3.05, 3.63) is 0 Å². The van der Waals surface area contributed by atoms with Crippen molar-refractivity contribution in [2.24, 2.45) is 0 Å². The molecule has 0 atom stereocenters. The van der Waals surface area contributed by atoms with E-state index in [1.54, 1.807) is 0 Å². The van der Waals surface area contributed by atoms with Gasteiger partial charge in [-0.05, 0) is 0 Å². The van der Waals surface area contributed by atoms with E-state index in [1.807, 2.05) is 0 Å². The Balaban J connectivity index is 0. The van der Waals surface area contributed by atoms with Gasteiger partial charge in [-0.15, -0.1) is 0 Å². The summed E-state index contributed by atoms with van der Waals surface area (Å²) in [7, 11) is 0. The fraction of sp³-hybridized carbons (Fsp3) is 0. The Morgan fingerprint density at radius 1 is 0.250 bits per heavy atom. The molecular weight excluding hydrogens is 1000 g/mol. The molecule has 0 saturated carbocycles. The summed E-state index contributed by atoms with van der Waals surface area (Å²) in [5.74, 6) is 0. The average molecular weight is 1000 g/mol. The van der Waals surface area contributed by atoms with E-state index in [0.29, 0.717) is 0 Å². The molecule has 0 bridgehead atoms. The van der Waals surface area contributed by atoms with E-state index in [9.17, 15) is 0 Å². The Morgan fingerprint density at radius 2 is 0.250 bits per heavy atom. The standard InChI is InChI=1S/5Gd.3Ge. The van der Waals surface area contributed by atoms with E-state index >= 15 is 0 Å². The predicted octanol–water partition coefficient (Wildman–Crippen LogP) is -1.14. The molecule has 0 heterocycles. The van der Waals surface area contributed by atoms with Crippen molar-refractivity contribution in [2.75, 3.05) is 0 Å². The van der Waals surface area contributed by atoms with Crippen LogP contribution in [0.15, 0.2) is 0 Å². The zero-order chi connectivity index (χ0) is 0. The van der Waals surface area contributed by atoms with Crippen LogP contribution in [0.2, 0.25) is 0 Å². The first kappa shape index (κ1) is 55.5. The molecule has 0 N–H and O–H groups in total. The summed E-state index contributed by atoms with van der Waals surface area (Å²) in [6.07, 6.45) is 0. The van der Waals surface area contributed by atoms with E-state index < -0.39 is 0 Å². The molecule has 0 unspecified atom stereocenters. The normalized spacial score (nSPS) is 0. The number of hydrogen-bond acceptors (Lipinski definition) is 0. The molecule has 0 aromatic carbocycles. The number of rotatable bonds is 0. The van der Waals surface area contributed by atoms with Crippen LogP contribution >= 0.6 is 0 Å². The van der Waals surface area contributed by atoms with E-state index in [2.05, 4.69) is 0 Å². The maximum atomic E-state index is 0. The summed E-state index contributed by atoms with van der Waals surface area (Å²) in [6.45, 7) is 0. The Labute approximate surface area is 244 Å². The second-order valence-corrected chi connectivity index (χ2v) is 0. The summed E-state index contributed by atoms with van der Waals surface area (Å²) < 4.78 is 0. The average Bonchev–Trinajstić information content (AvgIpc) is 0. The van der Waals surface area contributed by atoms with Crippen molar-refractivity contribution < 1.29 is 200 Å². The molecule has 0 nitrogen and oxygen atoms in total. The van der Waals surface area contributed by atoms with Gasteiger partial charge in [-0.25, -0.2) is 0 Å². The van der Waals surface area contributed by atoms with Gasteiger partial charge in [-0.1, -0.05) is 0 Å². The molecule has 0 aliphatic rings. The zero-order valence-corrected chi connectivity index (χ0v) is 20.9. The molecule has 0 saturated heterocycles. The third-order valence-corrected chi connectivity index (χ3v) is 0. The minimum atomic E-state index is 0. The van der Waals surface area contributed by atoms with Gasteiger partial charge in [0, 0.05) is 252 Å². The smallest absolute Gasteiger partial charge is 0 e. The van der Waals surface area contributed by atoms with Crippen LogP contribution in [0, 0.1) is 200 Å². The van der Waals surface area contributed by atoms with Gasteiger partial charge in [0.1, 0.15) is 0 Å². The summed E-state index contributed by atoms with van der Waals surface area (Å²) in [4.78, 5) is 0. The summed E-state index contributed by atoms with van der Waals surface area (Å²) in [6, 6.07) is 0. The Bertz CT molecular complexity index is 7.64. The van der Waals surface area contributed by atoms with E-state index in [-0.39, 0.29) is 252 Å². The van der Waals surface area contributed by atoms with Gasteiger partial charge in [0.2, 0.25) is 0 Å². The maximum Gasteiger partial charge on any atom is 0 e. The summed E-state index contributed by atoms with van der Waals surface area (Å²) in [5.41, 5.74) is 0. The molecule has 0 aliphatic heterocycles. The SMILES string of the molecule is [Gd].[Gd].[Gd].[Gd].[Gd].[Ge].[Ge].[Ge]. The van der Waals surface area contributed by atoms with E-state index in [1.165, 1.54) is 0 Å². The van der Waals surface area contributed by atoms with Gasteiger partial charge in [-0.2, -0.15) is 0 Å². The molecule has 8 heteroatoms. The molecule has 0 aromatic heterocycles. The Hall–Kier alpha value is 8.25.